The van der Waals surface area contributed by atoms with Crippen molar-refractivity contribution in [3.8, 4) is 0 Å². The van der Waals surface area contributed by atoms with Crippen LogP contribution in [0.2, 0.25) is 0 Å². The number of hydrogen-bond acceptors (Lipinski definition) is 4. The van der Waals surface area contributed by atoms with Crippen LogP contribution in [0.5, 0.6) is 0 Å². The summed E-state index contributed by atoms with van der Waals surface area (Å²) < 4.78 is 5.33. The third-order valence-corrected chi connectivity index (χ3v) is 3.23. The number of halogens is 1. The lowest BCUT2D eigenvalue weighted by Crippen LogP contribution is -2.11. The number of rotatable bonds is 6. The smallest absolute Gasteiger partial charge is 0.337 e. The topological polar surface area (TPSA) is 83.8 Å². The summed E-state index contributed by atoms with van der Waals surface area (Å²) in [6.45, 7) is 2.07. The molecule has 1 atom stereocenters. The number of carboxylic acid groups (broad SMARTS) is 1. The molecule has 0 aromatic heterocycles. The highest BCUT2D eigenvalue weighted by molar-refractivity contribution is 9.10. The van der Waals surface area contributed by atoms with Gasteiger partial charge < -0.3 is 14.9 Å². The van der Waals surface area contributed by atoms with E-state index < -0.39 is 12.1 Å². The number of aliphatic hydroxyl groups excluding tert-OH is 1. The molecule has 5 nitrogen and oxygen atoms in total. The fourth-order valence-corrected chi connectivity index (χ4v) is 2.03. The van der Waals surface area contributed by atoms with Gasteiger partial charge in [0.05, 0.1) is 6.61 Å². The van der Waals surface area contributed by atoms with Crippen LogP contribution in [0.3, 0.4) is 0 Å². The summed E-state index contributed by atoms with van der Waals surface area (Å²) in [4.78, 5) is 22.0. The molecule has 0 aliphatic rings. The van der Waals surface area contributed by atoms with Gasteiger partial charge in [0.25, 0.3) is 0 Å². The van der Waals surface area contributed by atoms with Gasteiger partial charge in [-0.05, 0) is 25.0 Å². The van der Waals surface area contributed by atoms with Crippen LogP contribution in [-0.2, 0) is 20.7 Å². The molecule has 19 heavy (non-hydrogen) atoms. The van der Waals surface area contributed by atoms with E-state index in [4.69, 9.17) is 9.84 Å². The molecule has 0 spiro atoms. The second-order valence-electron chi connectivity index (χ2n) is 3.90. The van der Waals surface area contributed by atoms with Crippen molar-refractivity contribution in [1.82, 2.24) is 0 Å². The van der Waals surface area contributed by atoms with Gasteiger partial charge in [-0.1, -0.05) is 28.1 Å². The predicted octanol–water partition coefficient (Wildman–Crippen LogP) is 2.06. The van der Waals surface area contributed by atoms with E-state index >= 15 is 0 Å². The molecule has 0 radical (unpaired) electrons. The van der Waals surface area contributed by atoms with Crippen molar-refractivity contribution in [2.75, 3.05) is 6.61 Å². The first-order valence-corrected chi connectivity index (χ1v) is 6.59. The van der Waals surface area contributed by atoms with Gasteiger partial charge in [-0.3, -0.25) is 4.79 Å². The number of aliphatic carboxylic acids is 1. The van der Waals surface area contributed by atoms with Crippen LogP contribution in [0.15, 0.2) is 22.7 Å². The van der Waals surface area contributed by atoms with E-state index in [-0.39, 0.29) is 18.0 Å². The molecule has 0 bridgehead atoms. The molecule has 104 valence electrons. The number of carboxylic acids is 1. The third-order valence-electron chi connectivity index (χ3n) is 2.51. The molecule has 1 aromatic rings. The summed E-state index contributed by atoms with van der Waals surface area (Å²) in [5.41, 5.74) is 1.04. The van der Waals surface area contributed by atoms with Crippen LogP contribution in [0.4, 0.5) is 0 Å². The van der Waals surface area contributed by atoms with Gasteiger partial charge in [0.1, 0.15) is 0 Å². The first kappa shape index (κ1) is 15.7. The molecule has 0 amide bonds. The van der Waals surface area contributed by atoms with E-state index in [9.17, 15) is 14.7 Å². The minimum Gasteiger partial charge on any atom is -0.479 e. The highest BCUT2D eigenvalue weighted by Crippen LogP contribution is 2.25. The van der Waals surface area contributed by atoms with Crippen molar-refractivity contribution >= 4 is 27.9 Å². The van der Waals surface area contributed by atoms with Crippen LogP contribution in [0, 0.1) is 0 Å². The minimum atomic E-state index is -1.59. The largest absolute Gasteiger partial charge is 0.479 e. The predicted molar refractivity (Wildman–Crippen MR) is 71.7 cm³/mol. The summed E-state index contributed by atoms with van der Waals surface area (Å²) in [6, 6.07) is 4.99. The molecule has 0 aliphatic heterocycles. The zero-order valence-electron chi connectivity index (χ0n) is 10.4. The van der Waals surface area contributed by atoms with Crippen molar-refractivity contribution < 1.29 is 24.5 Å². The Morgan fingerprint density at radius 2 is 2.11 bits per heavy atom. The Morgan fingerprint density at radius 1 is 1.42 bits per heavy atom. The Morgan fingerprint density at radius 3 is 2.68 bits per heavy atom. The molecular formula is C13H15BrO5. The van der Waals surface area contributed by atoms with E-state index in [1.165, 1.54) is 0 Å². The first-order valence-electron chi connectivity index (χ1n) is 5.80. The molecule has 6 heteroatoms. The number of carbonyl (C=O) groups is 2. The molecule has 0 fully saturated rings. The summed E-state index contributed by atoms with van der Waals surface area (Å²) in [5.74, 6) is -1.62. The van der Waals surface area contributed by atoms with Crippen molar-refractivity contribution in [2.24, 2.45) is 0 Å². The molecular weight excluding hydrogens is 316 g/mol. The molecule has 1 aromatic carbocycles. The Balaban J connectivity index is 2.79. The van der Waals surface area contributed by atoms with E-state index in [1.807, 2.05) is 0 Å². The SMILES string of the molecule is CCOC(=O)CCc1ccc(Br)c(C(O)C(=O)O)c1. The quantitative estimate of drug-likeness (QED) is 0.780. The van der Waals surface area contributed by atoms with Crippen molar-refractivity contribution in [1.29, 1.82) is 0 Å². The fraction of sp³-hybridized carbons (Fsp3) is 0.385. The van der Waals surface area contributed by atoms with Crippen molar-refractivity contribution in [2.45, 2.75) is 25.9 Å². The van der Waals surface area contributed by atoms with E-state index in [1.54, 1.807) is 25.1 Å². The average Bonchev–Trinajstić information content (AvgIpc) is 2.37. The van der Waals surface area contributed by atoms with Crippen molar-refractivity contribution in [3.63, 3.8) is 0 Å². The summed E-state index contributed by atoms with van der Waals surface area (Å²) in [5, 5.41) is 18.3. The Hall–Kier alpha value is -1.40. The van der Waals surface area contributed by atoms with E-state index in [0.717, 1.165) is 5.56 Å². The number of ether oxygens (including phenoxy) is 1. The zero-order valence-corrected chi connectivity index (χ0v) is 12.0. The number of hydrogen-bond donors (Lipinski definition) is 2. The van der Waals surface area contributed by atoms with Crippen LogP contribution in [0.25, 0.3) is 0 Å². The second-order valence-corrected chi connectivity index (χ2v) is 4.76. The maximum atomic E-state index is 11.2. The number of aryl methyl sites for hydroxylation is 1. The summed E-state index contributed by atoms with van der Waals surface area (Å²) in [7, 11) is 0. The lowest BCUT2D eigenvalue weighted by Gasteiger charge is -2.10. The van der Waals surface area contributed by atoms with Gasteiger partial charge >= 0.3 is 11.9 Å². The minimum absolute atomic E-state index is 0.220. The van der Waals surface area contributed by atoms with Crippen LogP contribution in [0.1, 0.15) is 30.6 Å². The lowest BCUT2D eigenvalue weighted by atomic mass is 10.0. The van der Waals surface area contributed by atoms with Gasteiger partial charge in [-0.15, -0.1) is 0 Å². The van der Waals surface area contributed by atoms with E-state index in [2.05, 4.69) is 15.9 Å². The maximum Gasteiger partial charge on any atom is 0.337 e. The number of aliphatic hydroxyl groups is 1. The highest BCUT2D eigenvalue weighted by atomic mass is 79.9. The van der Waals surface area contributed by atoms with Crippen LogP contribution < -0.4 is 0 Å². The average molecular weight is 331 g/mol. The van der Waals surface area contributed by atoms with Gasteiger partial charge in [0.2, 0.25) is 0 Å². The normalized spacial score (nSPS) is 11.9. The van der Waals surface area contributed by atoms with Gasteiger partial charge in [0.15, 0.2) is 6.10 Å². The second kappa shape index (κ2) is 7.25. The highest BCUT2D eigenvalue weighted by Gasteiger charge is 2.19. The number of esters is 1. The molecule has 0 saturated carbocycles. The molecule has 0 aliphatic carbocycles. The Bertz CT molecular complexity index is 472. The molecule has 0 saturated heterocycles. The third kappa shape index (κ3) is 4.65. The molecule has 2 N–H and O–H groups in total. The standard InChI is InChI=1S/C13H15BrO5/c1-2-19-11(15)6-4-8-3-5-10(14)9(7-8)12(16)13(17)18/h3,5,7,12,16H,2,4,6H2,1H3,(H,17,18). The maximum absolute atomic E-state index is 11.2. The molecule has 1 rings (SSSR count). The summed E-state index contributed by atoms with van der Waals surface area (Å²) in [6.07, 6.45) is -0.930. The van der Waals surface area contributed by atoms with Crippen molar-refractivity contribution in [3.05, 3.63) is 33.8 Å². The monoisotopic (exact) mass is 330 g/mol. The van der Waals surface area contributed by atoms with E-state index in [0.29, 0.717) is 17.5 Å². The number of carbonyl (C=O) groups excluding carboxylic acids is 1. The summed E-state index contributed by atoms with van der Waals surface area (Å²) >= 11 is 3.19. The fourth-order valence-electron chi connectivity index (χ4n) is 1.57. The lowest BCUT2D eigenvalue weighted by molar-refractivity contribution is -0.147. The van der Waals surface area contributed by atoms with Gasteiger partial charge in [-0.25, -0.2) is 4.79 Å². The van der Waals surface area contributed by atoms with Gasteiger partial charge in [0, 0.05) is 16.5 Å². The van der Waals surface area contributed by atoms with Gasteiger partial charge in [-0.2, -0.15) is 0 Å². The van der Waals surface area contributed by atoms with Crippen LogP contribution >= 0.6 is 15.9 Å². The first-order chi connectivity index (χ1) is 8.95. The van der Waals surface area contributed by atoms with Crippen LogP contribution in [-0.4, -0.2) is 28.8 Å². The Labute approximate surface area is 119 Å². The molecule has 0 heterocycles. The Kier molecular flexibility index (Phi) is 5.98. The zero-order chi connectivity index (χ0) is 14.4. The number of benzene rings is 1. The molecule has 1 unspecified atom stereocenters.